The summed E-state index contributed by atoms with van der Waals surface area (Å²) in [5, 5.41) is 0. The minimum atomic E-state index is -3.26. The second-order valence-electron chi connectivity index (χ2n) is 5.38. The molecule has 21 heavy (non-hydrogen) atoms. The molecule has 0 aliphatic carbocycles. The largest absolute Gasteiger partial charge is 0.342 e. The van der Waals surface area contributed by atoms with Crippen LogP contribution in [0.4, 0.5) is 5.69 Å². The van der Waals surface area contributed by atoms with Crippen molar-refractivity contribution in [1.82, 2.24) is 4.90 Å². The molecular weight excluding hydrogens is 288 g/mol. The average Bonchev–Trinajstić information content (AvgIpc) is 2.94. The summed E-state index contributed by atoms with van der Waals surface area (Å²) in [5.74, 6) is 0.258. The first-order valence-corrected chi connectivity index (χ1v) is 9.02. The van der Waals surface area contributed by atoms with E-state index in [2.05, 4.69) is 4.72 Å². The molecule has 1 amide bonds. The van der Waals surface area contributed by atoms with Crippen LogP contribution in [-0.2, 0) is 21.2 Å². The lowest BCUT2D eigenvalue weighted by Crippen LogP contribution is -2.29. The van der Waals surface area contributed by atoms with Crippen LogP contribution >= 0.6 is 0 Å². The highest BCUT2D eigenvalue weighted by molar-refractivity contribution is 7.92. The maximum atomic E-state index is 12.0. The number of nitrogens with zero attached hydrogens (tertiary/aromatic N) is 1. The summed E-state index contributed by atoms with van der Waals surface area (Å²) in [5.41, 5.74) is 1.45. The average molecular weight is 310 g/mol. The Bertz CT molecular complexity index is 575. The van der Waals surface area contributed by atoms with Crippen molar-refractivity contribution in [3.05, 3.63) is 29.8 Å². The van der Waals surface area contributed by atoms with Crippen molar-refractivity contribution in [3.8, 4) is 0 Å². The van der Waals surface area contributed by atoms with E-state index in [1.165, 1.54) is 0 Å². The van der Waals surface area contributed by atoms with Gasteiger partial charge in [0.05, 0.1) is 12.2 Å². The summed E-state index contributed by atoms with van der Waals surface area (Å²) >= 11 is 0. The highest BCUT2D eigenvalue weighted by Crippen LogP contribution is 2.14. The van der Waals surface area contributed by atoms with Gasteiger partial charge in [0, 0.05) is 18.8 Å². The van der Waals surface area contributed by atoms with Crippen molar-refractivity contribution in [1.29, 1.82) is 0 Å². The third kappa shape index (κ3) is 4.74. The second kappa shape index (κ2) is 6.93. The lowest BCUT2D eigenvalue weighted by atomic mass is 10.1. The van der Waals surface area contributed by atoms with E-state index in [1.807, 2.05) is 11.8 Å². The van der Waals surface area contributed by atoms with Gasteiger partial charge in [-0.1, -0.05) is 19.1 Å². The molecule has 5 nitrogen and oxygen atoms in total. The van der Waals surface area contributed by atoms with Gasteiger partial charge in [-0.3, -0.25) is 9.52 Å². The topological polar surface area (TPSA) is 66.5 Å². The van der Waals surface area contributed by atoms with E-state index in [0.717, 1.165) is 31.5 Å². The minimum absolute atomic E-state index is 0.113. The maximum Gasteiger partial charge on any atom is 0.232 e. The molecule has 1 aromatic rings. The van der Waals surface area contributed by atoms with E-state index >= 15 is 0 Å². The fourth-order valence-electron chi connectivity index (χ4n) is 2.44. The molecule has 1 heterocycles. The first-order valence-electron chi connectivity index (χ1n) is 7.37. The number of hydrogen-bond donors (Lipinski definition) is 1. The minimum Gasteiger partial charge on any atom is -0.342 e. The fraction of sp³-hybridized carbons (Fsp3) is 0.533. The van der Waals surface area contributed by atoms with Gasteiger partial charge in [0.2, 0.25) is 15.9 Å². The van der Waals surface area contributed by atoms with Crippen LogP contribution in [0.3, 0.4) is 0 Å². The number of anilines is 1. The number of rotatable bonds is 6. The normalized spacial score (nSPS) is 15.2. The molecule has 1 N–H and O–H groups in total. The number of nitrogens with one attached hydrogen (secondary N) is 1. The van der Waals surface area contributed by atoms with Crippen LogP contribution < -0.4 is 4.72 Å². The molecule has 0 aromatic heterocycles. The van der Waals surface area contributed by atoms with E-state index in [4.69, 9.17) is 0 Å². The molecule has 6 heteroatoms. The van der Waals surface area contributed by atoms with Gasteiger partial charge >= 0.3 is 0 Å². The second-order valence-corrected chi connectivity index (χ2v) is 7.22. The summed E-state index contributed by atoms with van der Waals surface area (Å²) in [6.45, 7) is 3.54. The molecule has 1 aliphatic rings. The summed E-state index contributed by atoms with van der Waals surface area (Å²) in [4.78, 5) is 13.9. The number of carbonyl (C=O) groups excluding carboxylic acids is 1. The van der Waals surface area contributed by atoms with Gasteiger partial charge in [0.25, 0.3) is 0 Å². The number of likely N-dealkylation sites (tertiary alicyclic amines) is 1. The summed E-state index contributed by atoms with van der Waals surface area (Å²) < 4.78 is 25.9. The van der Waals surface area contributed by atoms with E-state index < -0.39 is 10.0 Å². The Morgan fingerprint density at radius 3 is 2.38 bits per heavy atom. The Hall–Kier alpha value is -1.56. The van der Waals surface area contributed by atoms with Gasteiger partial charge < -0.3 is 4.90 Å². The van der Waals surface area contributed by atoms with Crippen molar-refractivity contribution in [2.45, 2.75) is 32.6 Å². The lowest BCUT2D eigenvalue weighted by molar-refractivity contribution is -0.129. The Morgan fingerprint density at radius 2 is 1.81 bits per heavy atom. The van der Waals surface area contributed by atoms with E-state index in [-0.39, 0.29) is 11.7 Å². The molecule has 1 aromatic carbocycles. The molecule has 0 unspecified atom stereocenters. The Morgan fingerprint density at radius 1 is 1.19 bits per heavy atom. The van der Waals surface area contributed by atoms with Gasteiger partial charge in [-0.2, -0.15) is 0 Å². The van der Waals surface area contributed by atoms with Crippen molar-refractivity contribution in [2.24, 2.45) is 0 Å². The van der Waals surface area contributed by atoms with E-state index in [9.17, 15) is 13.2 Å². The predicted octanol–water partition coefficient (Wildman–Crippen LogP) is 2.00. The first kappa shape index (κ1) is 15.8. The van der Waals surface area contributed by atoms with Crippen LogP contribution in [0.2, 0.25) is 0 Å². The van der Waals surface area contributed by atoms with Crippen molar-refractivity contribution < 1.29 is 13.2 Å². The molecule has 1 aliphatic heterocycles. The third-order valence-corrected chi connectivity index (χ3v) is 5.01. The monoisotopic (exact) mass is 310 g/mol. The number of sulfonamides is 1. The Balaban J connectivity index is 1.94. The zero-order valence-electron chi connectivity index (χ0n) is 12.3. The summed E-state index contributed by atoms with van der Waals surface area (Å²) in [6, 6.07) is 7.02. The molecule has 0 saturated carbocycles. The molecule has 0 spiro atoms. The van der Waals surface area contributed by atoms with Crippen LogP contribution in [0.25, 0.3) is 0 Å². The summed E-state index contributed by atoms with van der Waals surface area (Å²) in [7, 11) is -3.26. The molecule has 0 radical (unpaired) electrons. The Kier molecular flexibility index (Phi) is 5.22. The van der Waals surface area contributed by atoms with Crippen LogP contribution in [0.15, 0.2) is 24.3 Å². The van der Waals surface area contributed by atoms with E-state index in [1.54, 1.807) is 24.3 Å². The van der Waals surface area contributed by atoms with Crippen molar-refractivity contribution in [3.63, 3.8) is 0 Å². The van der Waals surface area contributed by atoms with Gasteiger partial charge in [0.1, 0.15) is 0 Å². The van der Waals surface area contributed by atoms with Crippen LogP contribution in [-0.4, -0.2) is 38.1 Å². The molecule has 1 fully saturated rings. The molecule has 1 saturated heterocycles. The molecule has 116 valence electrons. The number of amides is 1. The predicted molar refractivity (Wildman–Crippen MR) is 83.7 cm³/mol. The smallest absolute Gasteiger partial charge is 0.232 e. The lowest BCUT2D eigenvalue weighted by Gasteiger charge is -2.15. The van der Waals surface area contributed by atoms with Gasteiger partial charge in [-0.25, -0.2) is 8.42 Å². The van der Waals surface area contributed by atoms with Gasteiger partial charge in [-0.15, -0.1) is 0 Å². The quantitative estimate of drug-likeness (QED) is 0.874. The molecule has 0 bridgehead atoms. The van der Waals surface area contributed by atoms with Crippen LogP contribution in [0.5, 0.6) is 0 Å². The summed E-state index contributed by atoms with van der Waals surface area (Å²) in [6.07, 6.45) is 3.13. The van der Waals surface area contributed by atoms with Crippen LogP contribution in [0, 0.1) is 0 Å². The highest BCUT2D eigenvalue weighted by atomic mass is 32.2. The SMILES string of the molecule is CCCS(=O)(=O)Nc1ccc(CC(=O)N2CCCC2)cc1. The number of benzene rings is 1. The third-order valence-electron chi connectivity index (χ3n) is 3.51. The van der Waals surface area contributed by atoms with Gasteiger partial charge in [0.15, 0.2) is 0 Å². The van der Waals surface area contributed by atoms with Gasteiger partial charge in [-0.05, 0) is 37.0 Å². The molecular formula is C15H22N2O3S. The standard InChI is InChI=1S/C15H22N2O3S/c1-2-11-21(19,20)16-14-7-5-13(6-8-14)12-15(18)17-9-3-4-10-17/h5-8,16H,2-4,9-12H2,1H3. The number of hydrogen-bond acceptors (Lipinski definition) is 3. The zero-order chi connectivity index (χ0) is 15.3. The maximum absolute atomic E-state index is 12.0. The van der Waals surface area contributed by atoms with Crippen molar-refractivity contribution >= 4 is 21.6 Å². The van der Waals surface area contributed by atoms with Crippen molar-refractivity contribution in [2.75, 3.05) is 23.6 Å². The van der Waals surface area contributed by atoms with Crippen LogP contribution in [0.1, 0.15) is 31.7 Å². The highest BCUT2D eigenvalue weighted by Gasteiger charge is 2.17. The number of carbonyl (C=O) groups is 1. The first-order chi connectivity index (χ1) is 10.00. The molecule has 2 rings (SSSR count). The zero-order valence-corrected chi connectivity index (χ0v) is 13.2. The fourth-order valence-corrected chi connectivity index (χ4v) is 3.58. The Labute approximate surface area is 126 Å². The van der Waals surface area contributed by atoms with E-state index in [0.29, 0.717) is 18.5 Å². The molecule has 0 atom stereocenters.